The molecule has 0 amide bonds. The minimum absolute atomic E-state index is 0.199. The maximum atomic E-state index is 14.3. The number of sulfonamides is 1. The first kappa shape index (κ1) is 24.1. The molecule has 0 radical (unpaired) electrons. The summed E-state index contributed by atoms with van der Waals surface area (Å²) in [6.07, 6.45) is 0.347. The Bertz CT molecular complexity index is 1340. The van der Waals surface area contributed by atoms with E-state index in [0.717, 1.165) is 22.2 Å². The average Bonchev–Trinajstić information content (AvgIpc) is 3.25. The summed E-state index contributed by atoms with van der Waals surface area (Å²) in [5.74, 6) is -1.96. The summed E-state index contributed by atoms with van der Waals surface area (Å²) in [7, 11) is -4.48. The first-order valence-corrected chi connectivity index (χ1v) is 12.7. The van der Waals surface area contributed by atoms with Crippen molar-refractivity contribution in [1.29, 1.82) is 0 Å². The molecule has 3 aromatic rings. The van der Waals surface area contributed by atoms with Crippen LogP contribution in [0.4, 0.5) is 8.78 Å². The summed E-state index contributed by atoms with van der Waals surface area (Å²) >= 11 is 15.8. The van der Waals surface area contributed by atoms with E-state index in [9.17, 15) is 17.2 Å². The molecule has 0 saturated heterocycles. The van der Waals surface area contributed by atoms with Gasteiger partial charge in [-0.2, -0.15) is 9.82 Å². The third-order valence-corrected chi connectivity index (χ3v) is 7.64. The zero-order chi connectivity index (χ0) is 23.8. The van der Waals surface area contributed by atoms with Crippen molar-refractivity contribution in [2.45, 2.75) is 23.4 Å². The number of halogens is 5. The molecule has 2 unspecified atom stereocenters. The van der Waals surface area contributed by atoms with Gasteiger partial charge in [-0.3, -0.25) is 0 Å². The van der Waals surface area contributed by atoms with E-state index >= 15 is 0 Å². The second-order valence-electron chi connectivity index (χ2n) is 7.34. The maximum Gasteiger partial charge on any atom is 0.244 e. The van der Waals surface area contributed by atoms with Crippen LogP contribution in [0.5, 0.6) is 0 Å². The van der Waals surface area contributed by atoms with Gasteiger partial charge in [0.1, 0.15) is 16.5 Å². The summed E-state index contributed by atoms with van der Waals surface area (Å²) in [5, 5.41) is 4.90. The molecule has 2 atom stereocenters. The molecule has 1 aliphatic rings. The number of hydrogen-bond acceptors (Lipinski definition) is 4. The van der Waals surface area contributed by atoms with Gasteiger partial charge in [-0.15, -0.1) is 0 Å². The van der Waals surface area contributed by atoms with Crippen LogP contribution in [0.15, 0.2) is 75.1 Å². The van der Waals surface area contributed by atoms with E-state index in [1.165, 1.54) is 6.07 Å². The van der Waals surface area contributed by atoms with Crippen LogP contribution < -0.4 is 10.1 Å². The Kier molecular flexibility index (Phi) is 7.07. The zero-order valence-electron chi connectivity index (χ0n) is 16.7. The second kappa shape index (κ2) is 9.68. The largest absolute Gasteiger partial charge is 0.302 e. The van der Waals surface area contributed by atoms with Crippen molar-refractivity contribution in [1.82, 2.24) is 10.1 Å². The number of nitrogens with one attached hydrogen (secondary N) is 2. The summed E-state index contributed by atoms with van der Waals surface area (Å²) in [6, 6.07) is 13.2. The highest BCUT2D eigenvalue weighted by Gasteiger charge is 2.33. The fourth-order valence-electron chi connectivity index (χ4n) is 3.48. The molecule has 4 rings (SSSR count). The van der Waals surface area contributed by atoms with Gasteiger partial charge in [0.25, 0.3) is 0 Å². The van der Waals surface area contributed by atoms with E-state index in [-0.39, 0.29) is 11.1 Å². The van der Waals surface area contributed by atoms with Crippen LogP contribution in [-0.4, -0.2) is 14.1 Å². The number of rotatable bonds is 6. The highest BCUT2D eigenvalue weighted by molar-refractivity contribution is 9.10. The standard InChI is InChI=1S/C22H16BrCl2F2N3O2S/c23-13-3-1-12(2-4-13)19-11-20(29-28-19)22(16-7-5-14(24)9-17(16)25)30-33(31,32)21-10-15(26)6-8-18(21)27/h1-10,19,22,28,30H,11H2. The van der Waals surface area contributed by atoms with Gasteiger partial charge >= 0.3 is 0 Å². The van der Waals surface area contributed by atoms with Gasteiger partial charge in [0.2, 0.25) is 10.0 Å². The third-order valence-electron chi connectivity index (χ3n) is 5.11. The zero-order valence-corrected chi connectivity index (χ0v) is 20.6. The molecule has 0 bridgehead atoms. The lowest BCUT2D eigenvalue weighted by atomic mass is 9.96. The molecule has 11 heteroatoms. The van der Waals surface area contributed by atoms with Crippen molar-refractivity contribution in [3.8, 4) is 0 Å². The van der Waals surface area contributed by atoms with Gasteiger partial charge in [0.15, 0.2) is 0 Å². The Morgan fingerprint density at radius 1 is 1.06 bits per heavy atom. The minimum Gasteiger partial charge on any atom is -0.302 e. The lowest BCUT2D eigenvalue weighted by molar-refractivity contribution is 0.543. The number of nitrogens with zero attached hydrogens (tertiary/aromatic N) is 1. The maximum absolute atomic E-state index is 14.3. The van der Waals surface area contributed by atoms with E-state index in [4.69, 9.17) is 23.2 Å². The SMILES string of the molecule is O=S(=O)(NC(C1=NNC(c2ccc(Br)cc2)C1)c1ccc(Cl)cc1Cl)c1cc(F)ccc1F. The molecule has 2 N–H and O–H groups in total. The Labute approximate surface area is 208 Å². The topological polar surface area (TPSA) is 70.6 Å². The molecule has 0 spiro atoms. The molecule has 3 aromatic carbocycles. The molecule has 0 fully saturated rings. The van der Waals surface area contributed by atoms with E-state index in [0.29, 0.717) is 28.8 Å². The highest BCUT2D eigenvalue weighted by Crippen LogP contribution is 2.34. The van der Waals surface area contributed by atoms with E-state index in [2.05, 4.69) is 31.2 Å². The van der Waals surface area contributed by atoms with Crippen LogP contribution in [0, 0.1) is 11.6 Å². The van der Waals surface area contributed by atoms with Crippen molar-refractivity contribution in [3.05, 3.63) is 97.9 Å². The van der Waals surface area contributed by atoms with Crippen LogP contribution in [0.25, 0.3) is 0 Å². The Hall–Kier alpha value is -2.04. The van der Waals surface area contributed by atoms with Crippen molar-refractivity contribution in [3.63, 3.8) is 0 Å². The monoisotopic (exact) mass is 573 g/mol. The second-order valence-corrected chi connectivity index (χ2v) is 10.8. The predicted octanol–water partition coefficient (Wildman–Crippen LogP) is 6.14. The predicted molar refractivity (Wildman–Crippen MR) is 128 cm³/mol. The summed E-state index contributed by atoms with van der Waals surface area (Å²) < 4.78 is 57.4. The lowest BCUT2D eigenvalue weighted by Gasteiger charge is -2.21. The third kappa shape index (κ3) is 5.38. The fraction of sp³-hybridized carbons (Fsp3) is 0.136. The van der Waals surface area contributed by atoms with Crippen molar-refractivity contribution in [2.24, 2.45) is 5.10 Å². The van der Waals surface area contributed by atoms with Gasteiger partial charge in [-0.1, -0.05) is 57.3 Å². The van der Waals surface area contributed by atoms with E-state index in [1.807, 2.05) is 24.3 Å². The molecule has 5 nitrogen and oxygen atoms in total. The van der Waals surface area contributed by atoms with Gasteiger partial charge in [-0.25, -0.2) is 17.2 Å². The molecule has 0 aliphatic carbocycles. The molecular formula is C22H16BrCl2F2N3O2S. The smallest absolute Gasteiger partial charge is 0.244 e. The van der Waals surface area contributed by atoms with E-state index < -0.39 is 32.6 Å². The Morgan fingerprint density at radius 2 is 1.79 bits per heavy atom. The van der Waals surface area contributed by atoms with Gasteiger partial charge in [-0.05, 0) is 53.6 Å². The molecule has 33 heavy (non-hydrogen) atoms. The molecule has 1 heterocycles. The van der Waals surface area contributed by atoms with Crippen molar-refractivity contribution >= 4 is 54.9 Å². The minimum atomic E-state index is -4.48. The Balaban J connectivity index is 1.70. The molecule has 0 aromatic heterocycles. The molecule has 172 valence electrons. The van der Waals surface area contributed by atoms with Gasteiger partial charge in [0.05, 0.1) is 17.8 Å². The first-order valence-electron chi connectivity index (χ1n) is 9.64. The summed E-state index contributed by atoms with van der Waals surface area (Å²) in [4.78, 5) is -0.811. The van der Waals surface area contributed by atoms with Gasteiger partial charge < -0.3 is 5.43 Å². The average molecular weight is 575 g/mol. The number of benzene rings is 3. The van der Waals surface area contributed by atoms with Crippen LogP contribution in [0.2, 0.25) is 10.0 Å². The van der Waals surface area contributed by atoms with Gasteiger partial charge in [0, 0.05) is 20.9 Å². The highest BCUT2D eigenvalue weighted by atomic mass is 79.9. The number of hydrogen-bond donors (Lipinski definition) is 2. The van der Waals surface area contributed by atoms with Crippen molar-refractivity contribution in [2.75, 3.05) is 0 Å². The van der Waals surface area contributed by atoms with Crippen molar-refractivity contribution < 1.29 is 17.2 Å². The fourth-order valence-corrected chi connectivity index (χ4v) is 5.55. The lowest BCUT2D eigenvalue weighted by Crippen LogP contribution is -2.34. The Morgan fingerprint density at radius 3 is 2.48 bits per heavy atom. The normalized spacial score (nSPS) is 16.9. The number of hydrazone groups is 1. The molecule has 0 saturated carbocycles. The van der Waals surface area contributed by atoms with E-state index in [1.54, 1.807) is 12.1 Å². The molecular weight excluding hydrogens is 559 g/mol. The van der Waals surface area contributed by atoms with Crippen LogP contribution in [0.1, 0.15) is 29.6 Å². The quantitative estimate of drug-likeness (QED) is 0.371. The summed E-state index contributed by atoms with van der Waals surface area (Å²) in [5.41, 5.74) is 4.74. The van der Waals surface area contributed by atoms with Crippen LogP contribution >= 0.6 is 39.1 Å². The summed E-state index contributed by atoms with van der Waals surface area (Å²) in [6.45, 7) is 0. The first-order chi connectivity index (χ1) is 15.6. The van der Waals surface area contributed by atoms with Crippen LogP contribution in [-0.2, 0) is 10.0 Å². The van der Waals surface area contributed by atoms with Crippen LogP contribution in [0.3, 0.4) is 0 Å². The molecule has 1 aliphatic heterocycles.